The first-order chi connectivity index (χ1) is 12.2. The number of nitrogens with one attached hydrogen (secondary N) is 1. The molecule has 0 aromatic heterocycles. The molecule has 2 aromatic rings. The standard InChI is InChI=1S/C22H23NO2/c24-21(25)22(14-17-11-12-19(22)13-17)20(18-9-5-2-6-10-18)23-15-16-7-3-1-4-8-16/h1-12,17,19-20,23H,13-15H2,(H,24,25)/t17-,19+,20-,22+/m1/s1. The number of allylic oxidation sites excluding steroid dienone is 2. The second-order valence-electron chi connectivity index (χ2n) is 7.25. The minimum Gasteiger partial charge on any atom is -0.481 e. The summed E-state index contributed by atoms with van der Waals surface area (Å²) < 4.78 is 0. The quantitative estimate of drug-likeness (QED) is 0.780. The van der Waals surface area contributed by atoms with Crippen molar-refractivity contribution in [3.8, 4) is 0 Å². The van der Waals surface area contributed by atoms with Gasteiger partial charge in [0.05, 0.1) is 5.41 Å². The third-order valence-corrected chi connectivity index (χ3v) is 5.83. The van der Waals surface area contributed by atoms with Crippen LogP contribution in [0.15, 0.2) is 72.8 Å². The van der Waals surface area contributed by atoms with Gasteiger partial charge in [-0.2, -0.15) is 0 Å². The summed E-state index contributed by atoms with van der Waals surface area (Å²) in [6.45, 7) is 0.663. The molecular formula is C22H23NO2. The Morgan fingerprint density at radius 2 is 1.76 bits per heavy atom. The van der Waals surface area contributed by atoms with Gasteiger partial charge in [-0.15, -0.1) is 0 Å². The van der Waals surface area contributed by atoms with Crippen LogP contribution in [0.25, 0.3) is 0 Å². The van der Waals surface area contributed by atoms with Crippen molar-refractivity contribution in [3.05, 3.63) is 83.9 Å². The molecule has 1 saturated carbocycles. The number of aliphatic carboxylic acids is 1. The van der Waals surface area contributed by atoms with Gasteiger partial charge < -0.3 is 10.4 Å². The number of rotatable bonds is 6. The fourth-order valence-corrected chi connectivity index (χ4v) is 4.65. The van der Waals surface area contributed by atoms with Gasteiger partial charge in [-0.25, -0.2) is 0 Å². The van der Waals surface area contributed by atoms with Gasteiger partial charge in [0.15, 0.2) is 0 Å². The van der Waals surface area contributed by atoms with E-state index in [1.54, 1.807) is 0 Å². The second kappa shape index (κ2) is 6.49. The molecule has 2 bridgehead atoms. The lowest BCUT2D eigenvalue weighted by Gasteiger charge is -2.40. The number of carboxylic acids is 1. The van der Waals surface area contributed by atoms with Crippen molar-refractivity contribution in [3.63, 3.8) is 0 Å². The van der Waals surface area contributed by atoms with E-state index in [4.69, 9.17) is 0 Å². The summed E-state index contributed by atoms with van der Waals surface area (Å²) >= 11 is 0. The van der Waals surface area contributed by atoms with Gasteiger partial charge in [0.2, 0.25) is 0 Å². The highest BCUT2D eigenvalue weighted by atomic mass is 16.4. The molecule has 2 N–H and O–H groups in total. The van der Waals surface area contributed by atoms with Crippen LogP contribution in [0.2, 0.25) is 0 Å². The van der Waals surface area contributed by atoms with Crippen LogP contribution in [0, 0.1) is 17.3 Å². The van der Waals surface area contributed by atoms with Crippen LogP contribution in [-0.2, 0) is 11.3 Å². The van der Waals surface area contributed by atoms with E-state index >= 15 is 0 Å². The normalized spacial score (nSPS) is 28.2. The van der Waals surface area contributed by atoms with Crippen LogP contribution >= 0.6 is 0 Å². The lowest BCUT2D eigenvalue weighted by molar-refractivity contribution is -0.153. The Kier molecular flexibility index (Phi) is 4.18. The largest absolute Gasteiger partial charge is 0.481 e. The van der Waals surface area contributed by atoms with Gasteiger partial charge in [0, 0.05) is 12.6 Å². The smallest absolute Gasteiger partial charge is 0.312 e. The zero-order chi connectivity index (χ0) is 17.3. The molecule has 4 rings (SSSR count). The first-order valence-corrected chi connectivity index (χ1v) is 8.94. The van der Waals surface area contributed by atoms with Crippen LogP contribution in [0.4, 0.5) is 0 Å². The van der Waals surface area contributed by atoms with E-state index in [0.717, 1.165) is 12.0 Å². The van der Waals surface area contributed by atoms with E-state index in [1.165, 1.54) is 5.56 Å². The third-order valence-electron chi connectivity index (χ3n) is 5.83. The summed E-state index contributed by atoms with van der Waals surface area (Å²) in [4.78, 5) is 12.5. The molecule has 4 atom stereocenters. The summed E-state index contributed by atoms with van der Waals surface area (Å²) in [6, 6.07) is 20.0. The fourth-order valence-electron chi connectivity index (χ4n) is 4.65. The third kappa shape index (κ3) is 2.79. The van der Waals surface area contributed by atoms with Gasteiger partial charge in [0.1, 0.15) is 0 Å². The van der Waals surface area contributed by atoms with Crippen LogP contribution in [0.3, 0.4) is 0 Å². The zero-order valence-corrected chi connectivity index (χ0v) is 14.1. The lowest BCUT2D eigenvalue weighted by Crippen LogP contribution is -2.46. The molecule has 0 amide bonds. The van der Waals surface area contributed by atoms with Gasteiger partial charge in [-0.1, -0.05) is 72.8 Å². The first kappa shape index (κ1) is 16.1. The van der Waals surface area contributed by atoms with Crippen LogP contribution < -0.4 is 5.32 Å². The van der Waals surface area contributed by atoms with E-state index < -0.39 is 11.4 Å². The molecule has 3 nitrogen and oxygen atoms in total. The van der Waals surface area contributed by atoms with Crippen LogP contribution in [0.5, 0.6) is 0 Å². The Labute approximate surface area is 148 Å². The van der Waals surface area contributed by atoms with Crippen molar-refractivity contribution in [1.29, 1.82) is 0 Å². The minimum absolute atomic E-state index is 0.100. The molecule has 2 aromatic carbocycles. The monoisotopic (exact) mass is 333 g/mol. The Balaban J connectivity index is 1.70. The number of carbonyl (C=O) groups is 1. The highest BCUT2D eigenvalue weighted by Gasteiger charge is 2.58. The van der Waals surface area contributed by atoms with Crippen molar-refractivity contribution >= 4 is 5.97 Å². The molecule has 0 radical (unpaired) electrons. The number of fused-ring (bicyclic) bond motifs is 2. The molecule has 2 aliphatic carbocycles. The van der Waals surface area contributed by atoms with Crippen LogP contribution in [-0.4, -0.2) is 11.1 Å². The highest BCUT2D eigenvalue weighted by molar-refractivity contribution is 5.78. The summed E-state index contributed by atoms with van der Waals surface area (Å²) in [5.41, 5.74) is 1.46. The van der Waals surface area contributed by atoms with Crippen molar-refractivity contribution in [2.24, 2.45) is 17.3 Å². The summed E-state index contributed by atoms with van der Waals surface area (Å²) in [5.74, 6) is -0.187. The maximum Gasteiger partial charge on any atom is 0.312 e. The Bertz CT molecular complexity index is 771. The van der Waals surface area contributed by atoms with Crippen molar-refractivity contribution in [2.45, 2.75) is 25.4 Å². The van der Waals surface area contributed by atoms with E-state index in [-0.39, 0.29) is 12.0 Å². The molecular weight excluding hydrogens is 310 g/mol. The molecule has 3 heteroatoms. The van der Waals surface area contributed by atoms with E-state index in [1.807, 2.05) is 48.5 Å². The number of hydrogen-bond acceptors (Lipinski definition) is 2. The predicted molar refractivity (Wildman–Crippen MR) is 97.9 cm³/mol. The number of carboxylic acid groups (broad SMARTS) is 1. The van der Waals surface area contributed by atoms with E-state index in [2.05, 4.69) is 29.6 Å². The molecule has 2 aliphatic rings. The average molecular weight is 333 g/mol. The van der Waals surface area contributed by atoms with Gasteiger partial charge in [-0.3, -0.25) is 4.79 Å². The molecule has 0 aliphatic heterocycles. The zero-order valence-electron chi connectivity index (χ0n) is 14.1. The Hall–Kier alpha value is -2.39. The molecule has 128 valence electrons. The number of benzene rings is 2. The SMILES string of the molecule is O=C(O)[C@@]1([C@H](NCc2ccccc2)c2ccccc2)C[C@@H]2C=C[C@H]1C2. The molecule has 25 heavy (non-hydrogen) atoms. The minimum atomic E-state index is -0.768. The van der Waals surface area contributed by atoms with Gasteiger partial charge in [-0.05, 0) is 35.8 Å². The molecule has 0 unspecified atom stereocenters. The van der Waals surface area contributed by atoms with Crippen molar-refractivity contribution in [1.82, 2.24) is 5.32 Å². The van der Waals surface area contributed by atoms with Gasteiger partial charge in [0.25, 0.3) is 0 Å². The summed E-state index contributed by atoms with van der Waals surface area (Å²) in [5, 5.41) is 13.8. The molecule has 0 saturated heterocycles. The summed E-state index contributed by atoms with van der Waals surface area (Å²) in [6.07, 6.45) is 6.00. The molecule has 0 spiro atoms. The first-order valence-electron chi connectivity index (χ1n) is 8.94. The second-order valence-corrected chi connectivity index (χ2v) is 7.25. The highest BCUT2D eigenvalue weighted by Crippen LogP contribution is 2.58. The fraction of sp³-hybridized carbons (Fsp3) is 0.318. The van der Waals surface area contributed by atoms with Crippen LogP contribution in [0.1, 0.15) is 30.0 Å². The summed E-state index contributed by atoms with van der Waals surface area (Å²) in [7, 11) is 0. The van der Waals surface area contributed by atoms with E-state index in [0.29, 0.717) is 18.9 Å². The maximum absolute atomic E-state index is 12.5. The maximum atomic E-state index is 12.5. The van der Waals surface area contributed by atoms with Crippen molar-refractivity contribution in [2.75, 3.05) is 0 Å². The van der Waals surface area contributed by atoms with E-state index in [9.17, 15) is 9.90 Å². The Morgan fingerprint density at radius 1 is 1.08 bits per heavy atom. The Morgan fingerprint density at radius 3 is 2.32 bits per heavy atom. The predicted octanol–water partition coefficient (Wildman–Crippen LogP) is 4.18. The van der Waals surface area contributed by atoms with Gasteiger partial charge >= 0.3 is 5.97 Å². The number of hydrogen-bond donors (Lipinski definition) is 2. The average Bonchev–Trinajstić information content (AvgIpc) is 3.26. The molecule has 1 fully saturated rings. The van der Waals surface area contributed by atoms with Crippen molar-refractivity contribution < 1.29 is 9.90 Å². The topological polar surface area (TPSA) is 49.3 Å². The lowest BCUT2D eigenvalue weighted by atomic mass is 9.68. The molecule has 0 heterocycles.